The first kappa shape index (κ1) is 11.5. The van der Waals surface area contributed by atoms with Gasteiger partial charge in [0.2, 0.25) is 0 Å². The Balaban J connectivity index is 2.21. The summed E-state index contributed by atoms with van der Waals surface area (Å²) in [7, 11) is 0. The summed E-state index contributed by atoms with van der Waals surface area (Å²) in [4.78, 5) is 4.99. The number of benzene rings is 1. The van der Waals surface area contributed by atoms with Crippen molar-refractivity contribution in [1.29, 1.82) is 0 Å². The topological polar surface area (TPSA) is 38.9 Å². The van der Waals surface area contributed by atoms with Crippen LogP contribution < -0.4 is 5.73 Å². The Morgan fingerprint density at radius 2 is 2.31 bits per heavy atom. The molecule has 0 aliphatic carbocycles. The molecule has 1 aromatic carbocycles. The molecule has 0 saturated carbocycles. The highest BCUT2D eigenvalue weighted by atomic mass is 35.5. The van der Waals surface area contributed by atoms with Crippen molar-refractivity contribution >= 4 is 22.9 Å². The van der Waals surface area contributed by atoms with Crippen molar-refractivity contribution in [3.63, 3.8) is 0 Å². The molecular formula is C11H10ClFN2S. The maximum Gasteiger partial charge on any atom is 0.146 e. The lowest BCUT2D eigenvalue weighted by molar-refractivity contribution is 0.582. The third-order valence-electron chi connectivity index (χ3n) is 2.29. The molecule has 2 nitrogen and oxygen atoms in total. The molecule has 0 aliphatic heterocycles. The number of nitrogens with two attached hydrogens (primary N) is 1. The van der Waals surface area contributed by atoms with Gasteiger partial charge in [-0.05, 0) is 6.07 Å². The Kier molecular flexibility index (Phi) is 3.53. The summed E-state index contributed by atoms with van der Waals surface area (Å²) in [5.74, 6) is -0.429. The smallest absolute Gasteiger partial charge is 0.146 e. The van der Waals surface area contributed by atoms with Gasteiger partial charge in [0.25, 0.3) is 0 Å². The minimum Gasteiger partial charge on any atom is -0.324 e. The van der Waals surface area contributed by atoms with E-state index in [4.69, 9.17) is 17.3 Å². The van der Waals surface area contributed by atoms with Gasteiger partial charge in [0.05, 0.1) is 10.5 Å². The second kappa shape index (κ2) is 4.91. The van der Waals surface area contributed by atoms with Crippen LogP contribution in [-0.2, 0) is 6.42 Å². The van der Waals surface area contributed by atoms with Crippen molar-refractivity contribution in [2.45, 2.75) is 12.5 Å². The van der Waals surface area contributed by atoms with Crippen molar-refractivity contribution < 1.29 is 4.39 Å². The number of thiazole rings is 1. The van der Waals surface area contributed by atoms with Crippen LogP contribution in [0.5, 0.6) is 0 Å². The van der Waals surface area contributed by atoms with Gasteiger partial charge in [0.1, 0.15) is 5.82 Å². The SMILES string of the molecule is NC(Cc1cncs1)c1cccc(Cl)c1F. The molecule has 1 atom stereocenters. The number of hydrogen-bond acceptors (Lipinski definition) is 3. The summed E-state index contributed by atoms with van der Waals surface area (Å²) in [5.41, 5.74) is 8.11. The van der Waals surface area contributed by atoms with Crippen LogP contribution in [0.15, 0.2) is 29.9 Å². The fraction of sp³-hybridized carbons (Fsp3) is 0.182. The van der Waals surface area contributed by atoms with Gasteiger partial charge >= 0.3 is 0 Å². The quantitative estimate of drug-likeness (QED) is 0.916. The second-order valence-corrected chi connectivity index (χ2v) is 4.80. The van der Waals surface area contributed by atoms with E-state index in [-0.39, 0.29) is 11.1 Å². The average Bonchev–Trinajstić information content (AvgIpc) is 2.74. The van der Waals surface area contributed by atoms with Crippen LogP contribution in [0.25, 0.3) is 0 Å². The van der Waals surface area contributed by atoms with Gasteiger partial charge in [0, 0.05) is 29.1 Å². The molecule has 1 unspecified atom stereocenters. The molecule has 0 saturated heterocycles. The molecule has 0 aliphatic rings. The van der Waals surface area contributed by atoms with Crippen LogP contribution in [0.3, 0.4) is 0 Å². The molecule has 0 amide bonds. The number of halogens is 2. The van der Waals surface area contributed by atoms with Crippen molar-refractivity contribution in [3.8, 4) is 0 Å². The number of aromatic nitrogens is 1. The maximum atomic E-state index is 13.7. The Hall–Kier alpha value is -0.970. The Morgan fingerprint density at radius 1 is 1.50 bits per heavy atom. The Bertz CT molecular complexity index is 473. The molecule has 0 spiro atoms. The van der Waals surface area contributed by atoms with Gasteiger partial charge in [0.15, 0.2) is 0 Å². The van der Waals surface area contributed by atoms with Crippen LogP contribution in [0.4, 0.5) is 4.39 Å². The van der Waals surface area contributed by atoms with Gasteiger partial charge in [-0.3, -0.25) is 4.98 Å². The average molecular weight is 257 g/mol. The van der Waals surface area contributed by atoms with E-state index in [0.29, 0.717) is 12.0 Å². The van der Waals surface area contributed by atoms with Gasteiger partial charge in [-0.2, -0.15) is 0 Å². The predicted octanol–water partition coefficient (Wildman–Crippen LogP) is 3.18. The van der Waals surface area contributed by atoms with Gasteiger partial charge < -0.3 is 5.73 Å². The maximum absolute atomic E-state index is 13.7. The van der Waals surface area contributed by atoms with E-state index in [9.17, 15) is 4.39 Å². The Morgan fingerprint density at radius 3 is 3.00 bits per heavy atom. The summed E-state index contributed by atoms with van der Waals surface area (Å²) in [6.45, 7) is 0. The van der Waals surface area contributed by atoms with Crippen molar-refractivity contribution in [2.75, 3.05) is 0 Å². The van der Waals surface area contributed by atoms with Crippen molar-refractivity contribution in [1.82, 2.24) is 4.98 Å². The highest BCUT2D eigenvalue weighted by Crippen LogP contribution is 2.25. The zero-order valence-electron chi connectivity index (χ0n) is 8.36. The molecule has 84 valence electrons. The minimum absolute atomic E-state index is 0.109. The highest BCUT2D eigenvalue weighted by Gasteiger charge is 2.14. The third-order valence-corrected chi connectivity index (χ3v) is 3.38. The molecule has 16 heavy (non-hydrogen) atoms. The second-order valence-electron chi connectivity index (χ2n) is 3.42. The summed E-state index contributed by atoms with van der Waals surface area (Å²) in [6.07, 6.45) is 2.31. The molecule has 0 bridgehead atoms. The van der Waals surface area contributed by atoms with Gasteiger partial charge in [-0.25, -0.2) is 4.39 Å². The molecule has 5 heteroatoms. The predicted molar refractivity (Wildman–Crippen MR) is 64.2 cm³/mol. The zero-order chi connectivity index (χ0) is 11.5. The summed E-state index contributed by atoms with van der Waals surface area (Å²) >= 11 is 7.21. The Labute approximate surface area is 102 Å². The largest absolute Gasteiger partial charge is 0.324 e. The number of nitrogens with zero attached hydrogens (tertiary/aromatic N) is 1. The molecule has 2 rings (SSSR count). The number of hydrogen-bond donors (Lipinski definition) is 1. The lowest BCUT2D eigenvalue weighted by Gasteiger charge is -2.12. The van der Waals surface area contributed by atoms with E-state index >= 15 is 0 Å². The molecule has 0 fully saturated rings. The molecule has 1 aromatic heterocycles. The van der Waals surface area contributed by atoms with Crippen LogP contribution in [0.2, 0.25) is 5.02 Å². The van der Waals surface area contributed by atoms with Gasteiger partial charge in [-0.15, -0.1) is 11.3 Å². The molecule has 2 N–H and O–H groups in total. The number of rotatable bonds is 3. The third kappa shape index (κ3) is 2.40. The van der Waals surface area contributed by atoms with E-state index in [1.807, 2.05) is 0 Å². The van der Waals surface area contributed by atoms with Crippen LogP contribution >= 0.6 is 22.9 Å². The summed E-state index contributed by atoms with van der Waals surface area (Å²) < 4.78 is 13.7. The minimum atomic E-state index is -0.429. The lowest BCUT2D eigenvalue weighted by atomic mass is 10.0. The van der Waals surface area contributed by atoms with E-state index in [1.54, 1.807) is 23.8 Å². The first-order chi connectivity index (χ1) is 7.68. The molecule has 2 aromatic rings. The standard InChI is InChI=1S/C11H10ClFN2S/c12-9-3-1-2-8(11(9)13)10(14)4-7-5-15-6-16-7/h1-3,5-6,10H,4,14H2. The first-order valence-corrected chi connectivity index (χ1v) is 6.01. The fourth-order valence-corrected chi connectivity index (χ4v) is 2.31. The van der Waals surface area contributed by atoms with Crippen LogP contribution in [-0.4, -0.2) is 4.98 Å². The van der Waals surface area contributed by atoms with Crippen molar-refractivity contribution in [2.24, 2.45) is 5.73 Å². The van der Waals surface area contributed by atoms with E-state index < -0.39 is 5.82 Å². The van der Waals surface area contributed by atoms with Crippen LogP contribution in [0.1, 0.15) is 16.5 Å². The monoisotopic (exact) mass is 256 g/mol. The molecular weight excluding hydrogens is 247 g/mol. The fourth-order valence-electron chi connectivity index (χ4n) is 1.48. The normalized spacial score (nSPS) is 12.7. The van der Waals surface area contributed by atoms with E-state index in [2.05, 4.69) is 4.98 Å². The van der Waals surface area contributed by atoms with Crippen molar-refractivity contribution in [3.05, 3.63) is 51.2 Å². The van der Waals surface area contributed by atoms with Gasteiger partial charge in [-0.1, -0.05) is 23.7 Å². The zero-order valence-corrected chi connectivity index (χ0v) is 9.93. The van der Waals surface area contributed by atoms with E-state index in [1.165, 1.54) is 17.4 Å². The summed E-state index contributed by atoms with van der Waals surface area (Å²) in [6, 6.07) is 4.49. The summed E-state index contributed by atoms with van der Waals surface area (Å²) in [5, 5.41) is 0.109. The first-order valence-electron chi connectivity index (χ1n) is 4.75. The molecule has 0 radical (unpaired) electrons. The lowest BCUT2D eigenvalue weighted by Crippen LogP contribution is -2.14. The highest BCUT2D eigenvalue weighted by molar-refractivity contribution is 7.09. The van der Waals surface area contributed by atoms with E-state index in [0.717, 1.165) is 4.88 Å². The molecule has 1 heterocycles. The van der Waals surface area contributed by atoms with Crippen LogP contribution in [0, 0.1) is 5.82 Å².